The van der Waals surface area contributed by atoms with Gasteiger partial charge in [-0.2, -0.15) is 0 Å². The summed E-state index contributed by atoms with van der Waals surface area (Å²) in [7, 11) is 0. The number of carbonyl (C=O) groups is 2. The third kappa shape index (κ3) is 3.87. The second-order valence-corrected chi connectivity index (χ2v) is 5.92. The number of amides is 3. The third-order valence-electron chi connectivity index (χ3n) is 3.38. The average Bonchev–Trinajstić information content (AvgIpc) is 2.81. The minimum atomic E-state index is -0.333. The Labute approximate surface area is 129 Å². The molecule has 3 N–H and O–H groups in total. The summed E-state index contributed by atoms with van der Waals surface area (Å²) in [5.41, 5.74) is 1.96. The fourth-order valence-corrected chi connectivity index (χ4v) is 2.45. The van der Waals surface area contributed by atoms with Gasteiger partial charge in [0.05, 0.1) is 23.9 Å². The Bertz CT molecular complexity index is 604. The molecular weight excluding hydrogens is 284 g/mol. The van der Waals surface area contributed by atoms with E-state index in [1.54, 1.807) is 13.8 Å². The predicted molar refractivity (Wildman–Crippen MR) is 80.7 cm³/mol. The van der Waals surface area contributed by atoms with Crippen LogP contribution in [0.3, 0.4) is 0 Å². The van der Waals surface area contributed by atoms with Crippen molar-refractivity contribution in [3.8, 4) is 0 Å². The van der Waals surface area contributed by atoms with E-state index in [2.05, 4.69) is 35.0 Å². The summed E-state index contributed by atoms with van der Waals surface area (Å²) in [5.74, 6) is 0.875. The summed E-state index contributed by atoms with van der Waals surface area (Å²) in [6, 6.07) is 1.22. The first kappa shape index (κ1) is 16.1. The number of carbonyl (C=O) groups excluding carboxylic acids is 2. The topological polar surface area (TPSA) is 96.3 Å². The number of nitrogens with one attached hydrogen (secondary N) is 3. The van der Waals surface area contributed by atoms with E-state index in [0.29, 0.717) is 22.9 Å². The first-order chi connectivity index (χ1) is 10.4. The van der Waals surface area contributed by atoms with E-state index in [-0.39, 0.29) is 24.5 Å². The standard InChI is InChI=1S/C15H22N4O3/c1-8(2)5-11-6-12(22-19-11)7-16-14(20)13-9(3)17-15(21)18-10(13)4/h6,8-9H,5,7H2,1-4H3,(H,16,20)(H2,17,18,21)/t9-/m1/s1. The monoisotopic (exact) mass is 306 g/mol. The summed E-state index contributed by atoms with van der Waals surface area (Å²) in [4.78, 5) is 23.6. The maximum atomic E-state index is 12.3. The van der Waals surface area contributed by atoms with Gasteiger partial charge in [-0.15, -0.1) is 0 Å². The first-order valence-electron chi connectivity index (χ1n) is 7.37. The Hall–Kier alpha value is -2.31. The number of hydrogen-bond donors (Lipinski definition) is 3. The van der Waals surface area contributed by atoms with Crippen molar-refractivity contribution in [3.05, 3.63) is 28.8 Å². The van der Waals surface area contributed by atoms with Gasteiger partial charge >= 0.3 is 6.03 Å². The lowest BCUT2D eigenvalue weighted by Crippen LogP contribution is -2.50. The van der Waals surface area contributed by atoms with Gasteiger partial charge in [0.15, 0.2) is 5.76 Å². The highest BCUT2D eigenvalue weighted by atomic mass is 16.5. The van der Waals surface area contributed by atoms with Crippen LogP contribution in [-0.2, 0) is 17.8 Å². The molecule has 7 heteroatoms. The van der Waals surface area contributed by atoms with E-state index in [1.165, 1.54) is 0 Å². The Balaban J connectivity index is 1.96. The molecule has 2 rings (SSSR count). The first-order valence-corrected chi connectivity index (χ1v) is 7.37. The van der Waals surface area contributed by atoms with Crippen molar-refractivity contribution in [3.63, 3.8) is 0 Å². The van der Waals surface area contributed by atoms with Gasteiger partial charge in [-0.1, -0.05) is 19.0 Å². The van der Waals surface area contributed by atoms with Crippen molar-refractivity contribution in [1.82, 2.24) is 21.1 Å². The SMILES string of the molecule is CC1=C(C(=O)NCc2cc(CC(C)C)no2)[C@@H](C)NC(=O)N1. The van der Waals surface area contributed by atoms with E-state index in [1.807, 2.05) is 6.07 Å². The fraction of sp³-hybridized carbons (Fsp3) is 0.533. The second-order valence-electron chi connectivity index (χ2n) is 5.92. The lowest BCUT2D eigenvalue weighted by atomic mass is 10.0. The van der Waals surface area contributed by atoms with Crippen LogP contribution in [0.4, 0.5) is 4.79 Å². The molecule has 2 heterocycles. The smallest absolute Gasteiger partial charge is 0.319 e. The Morgan fingerprint density at radius 3 is 2.86 bits per heavy atom. The fourth-order valence-electron chi connectivity index (χ4n) is 2.45. The normalized spacial score (nSPS) is 18.2. The van der Waals surface area contributed by atoms with Crippen LogP contribution in [0.2, 0.25) is 0 Å². The molecule has 0 saturated heterocycles. The maximum Gasteiger partial charge on any atom is 0.319 e. The Morgan fingerprint density at radius 1 is 1.50 bits per heavy atom. The van der Waals surface area contributed by atoms with Gasteiger partial charge in [0.2, 0.25) is 0 Å². The van der Waals surface area contributed by atoms with E-state index >= 15 is 0 Å². The molecule has 7 nitrogen and oxygen atoms in total. The molecule has 0 aromatic carbocycles. The summed E-state index contributed by atoms with van der Waals surface area (Å²) in [6.07, 6.45) is 0.842. The van der Waals surface area contributed by atoms with Crippen LogP contribution in [0, 0.1) is 5.92 Å². The van der Waals surface area contributed by atoms with Crippen molar-refractivity contribution in [2.24, 2.45) is 5.92 Å². The zero-order chi connectivity index (χ0) is 16.3. The lowest BCUT2D eigenvalue weighted by Gasteiger charge is -2.25. The largest absolute Gasteiger partial charge is 0.359 e. The molecule has 0 fully saturated rings. The van der Waals surface area contributed by atoms with Gasteiger partial charge in [0.25, 0.3) is 5.91 Å². The quantitative estimate of drug-likeness (QED) is 0.767. The van der Waals surface area contributed by atoms with E-state index in [0.717, 1.165) is 12.1 Å². The van der Waals surface area contributed by atoms with E-state index in [9.17, 15) is 9.59 Å². The summed E-state index contributed by atoms with van der Waals surface area (Å²) in [6.45, 7) is 7.96. The van der Waals surface area contributed by atoms with Crippen LogP contribution in [0.15, 0.2) is 21.9 Å². The van der Waals surface area contributed by atoms with Crippen LogP contribution >= 0.6 is 0 Å². The van der Waals surface area contributed by atoms with Crippen LogP contribution in [0.25, 0.3) is 0 Å². The van der Waals surface area contributed by atoms with Gasteiger partial charge in [-0.3, -0.25) is 4.79 Å². The summed E-state index contributed by atoms with van der Waals surface area (Å²) < 4.78 is 5.21. The molecule has 0 saturated carbocycles. The highest BCUT2D eigenvalue weighted by Gasteiger charge is 2.26. The molecule has 1 aliphatic heterocycles. The van der Waals surface area contributed by atoms with Gasteiger partial charge in [0.1, 0.15) is 0 Å². The van der Waals surface area contributed by atoms with Gasteiger partial charge in [-0.25, -0.2) is 4.79 Å². The van der Waals surface area contributed by atoms with Crippen molar-refractivity contribution >= 4 is 11.9 Å². The molecule has 0 spiro atoms. The highest BCUT2D eigenvalue weighted by Crippen LogP contribution is 2.13. The molecule has 0 unspecified atom stereocenters. The number of nitrogens with zero attached hydrogens (tertiary/aromatic N) is 1. The van der Waals surface area contributed by atoms with Gasteiger partial charge in [-0.05, 0) is 26.2 Å². The van der Waals surface area contributed by atoms with Gasteiger partial charge in [0, 0.05) is 11.8 Å². The molecule has 3 amide bonds. The van der Waals surface area contributed by atoms with Crippen LogP contribution < -0.4 is 16.0 Å². The zero-order valence-corrected chi connectivity index (χ0v) is 13.3. The molecule has 0 radical (unpaired) electrons. The third-order valence-corrected chi connectivity index (χ3v) is 3.38. The van der Waals surface area contributed by atoms with E-state index in [4.69, 9.17) is 4.52 Å². The minimum absolute atomic E-state index is 0.237. The number of urea groups is 1. The molecule has 22 heavy (non-hydrogen) atoms. The number of hydrogen-bond acceptors (Lipinski definition) is 4. The van der Waals surface area contributed by atoms with E-state index < -0.39 is 0 Å². The van der Waals surface area contributed by atoms with Crippen molar-refractivity contribution in [2.75, 3.05) is 0 Å². The molecule has 1 aromatic rings. The number of aromatic nitrogens is 1. The van der Waals surface area contributed by atoms with Gasteiger partial charge < -0.3 is 20.5 Å². The predicted octanol–water partition coefficient (Wildman–Crippen LogP) is 1.46. The van der Waals surface area contributed by atoms with Crippen molar-refractivity contribution in [1.29, 1.82) is 0 Å². The lowest BCUT2D eigenvalue weighted by molar-refractivity contribution is -0.118. The molecular formula is C15H22N4O3. The highest BCUT2D eigenvalue weighted by molar-refractivity contribution is 5.98. The Morgan fingerprint density at radius 2 is 2.23 bits per heavy atom. The molecule has 1 atom stereocenters. The Kier molecular flexibility index (Phi) is 4.85. The van der Waals surface area contributed by atoms with Crippen LogP contribution in [0.5, 0.6) is 0 Å². The molecule has 0 bridgehead atoms. The number of allylic oxidation sites excluding steroid dienone is 1. The molecule has 1 aromatic heterocycles. The average molecular weight is 306 g/mol. The minimum Gasteiger partial charge on any atom is -0.359 e. The maximum absolute atomic E-state index is 12.3. The summed E-state index contributed by atoms with van der Waals surface area (Å²) in [5, 5.41) is 12.0. The van der Waals surface area contributed by atoms with Crippen LogP contribution in [-0.4, -0.2) is 23.1 Å². The van der Waals surface area contributed by atoms with Crippen molar-refractivity contribution in [2.45, 2.75) is 46.7 Å². The second kappa shape index (κ2) is 6.64. The van der Waals surface area contributed by atoms with Crippen LogP contribution in [0.1, 0.15) is 39.1 Å². The molecule has 0 aliphatic carbocycles. The number of rotatable bonds is 5. The molecule has 1 aliphatic rings. The molecule has 120 valence electrons. The van der Waals surface area contributed by atoms with Crippen molar-refractivity contribution < 1.29 is 14.1 Å². The summed E-state index contributed by atoms with van der Waals surface area (Å²) >= 11 is 0. The zero-order valence-electron chi connectivity index (χ0n) is 13.3.